The Morgan fingerprint density at radius 3 is 2.48 bits per heavy atom. The molecular weight excluding hydrogens is 336 g/mol. The van der Waals surface area contributed by atoms with Gasteiger partial charge in [-0.25, -0.2) is 0 Å². The first-order valence-corrected chi connectivity index (χ1v) is 7.00. The maximum absolute atomic E-state index is 11.1. The number of carbonyl (C=O) groups is 1. The van der Waals surface area contributed by atoms with Gasteiger partial charge in [-0.05, 0) is 29.8 Å². The first kappa shape index (κ1) is 15.2. The summed E-state index contributed by atoms with van der Waals surface area (Å²) in [6.45, 7) is 0.536. The summed E-state index contributed by atoms with van der Waals surface area (Å²) in [6.07, 6.45) is 0.603. The molecule has 0 atom stereocenters. The van der Waals surface area contributed by atoms with Crippen molar-refractivity contribution in [2.24, 2.45) is 0 Å². The van der Waals surface area contributed by atoms with Gasteiger partial charge in [-0.1, -0.05) is 28.1 Å². The van der Waals surface area contributed by atoms with Gasteiger partial charge in [-0.3, -0.25) is 14.9 Å². The van der Waals surface area contributed by atoms with E-state index in [4.69, 9.17) is 0 Å². The number of nitro groups is 1. The Balaban J connectivity index is 2.29. The number of hydrogen-bond donors (Lipinski definition) is 0. The molecule has 0 radical (unpaired) electrons. The Kier molecular flexibility index (Phi) is 4.70. The molecule has 108 valence electrons. The zero-order valence-corrected chi connectivity index (χ0v) is 12.9. The third kappa shape index (κ3) is 3.66. The molecule has 0 bridgehead atoms. The van der Waals surface area contributed by atoms with E-state index in [1.165, 1.54) is 6.07 Å². The summed E-state index contributed by atoms with van der Waals surface area (Å²) in [6, 6.07) is 12.2. The van der Waals surface area contributed by atoms with E-state index < -0.39 is 4.92 Å². The van der Waals surface area contributed by atoms with Gasteiger partial charge < -0.3 is 4.90 Å². The molecule has 6 heteroatoms. The zero-order chi connectivity index (χ0) is 15.4. The van der Waals surface area contributed by atoms with Crippen LogP contribution in [0.25, 0.3) is 0 Å². The second kappa shape index (κ2) is 6.49. The predicted molar refractivity (Wildman–Crippen MR) is 84.7 cm³/mol. The smallest absolute Gasteiger partial charge is 0.293 e. The van der Waals surface area contributed by atoms with Crippen LogP contribution in [0.5, 0.6) is 0 Å². The van der Waals surface area contributed by atoms with Crippen LogP contribution in [-0.2, 0) is 6.54 Å². The average molecular weight is 349 g/mol. The standard InChI is InChI=1S/C15H13BrN2O3/c1-17(9-11-2-5-13(16)6-3-11)14-7-4-12(10-19)8-15(14)18(20)21/h2-8,10H,9H2,1H3. The highest BCUT2D eigenvalue weighted by Crippen LogP contribution is 2.29. The van der Waals surface area contributed by atoms with E-state index in [1.54, 1.807) is 24.1 Å². The Labute approximate surface area is 130 Å². The SMILES string of the molecule is CN(Cc1ccc(Br)cc1)c1ccc(C=O)cc1[N+](=O)[O-]. The molecule has 2 aromatic carbocycles. The van der Waals surface area contributed by atoms with Crippen molar-refractivity contribution in [3.63, 3.8) is 0 Å². The minimum Gasteiger partial charge on any atom is -0.365 e. The fourth-order valence-corrected chi connectivity index (χ4v) is 2.30. The molecule has 0 saturated heterocycles. The maximum atomic E-state index is 11.1. The molecule has 2 rings (SSSR count). The largest absolute Gasteiger partial charge is 0.365 e. The number of carbonyl (C=O) groups excluding carboxylic acids is 1. The molecule has 0 aliphatic heterocycles. The van der Waals surface area contributed by atoms with Crippen LogP contribution in [-0.4, -0.2) is 18.3 Å². The van der Waals surface area contributed by atoms with Gasteiger partial charge in [0.05, 0.1) is 4.92 Å². The summed E-state index contributed by atoms with van der Waals surface area (Å²) in [5, 5.41) is 11.1. The molecule has 0 aliphatic carbocycles. The van der Waals surface area contributed by atoms with Crippen LogP contribution in [0.15, 0.2) is 46.9 Å². The molecule has 0 saturated carbocycles. The van der Waals surface area contributed by atoms with Crippen LogP contribution in [0.4, 0.5) is 11.4 Å². The molecule has 0 aromatic heterocycles. The molecule has 21 heavy (non-hydrogen) atoms. The minimum absolute atomic E-state index is 0.0702. The molecule has 0 fully saturated rings. The van der Waals surface area contributed by atoms with E-state index in [1.807, 2.05) is 24.3 Å². The monoisotopic (exact) mass is 348 g/mol. The molecule has 5 nitrogen and oxygen atoms in total. The first-order chi connectivity index (χ1) is 10.0. The van der Waals surface area contributed by atoms with Crippen LogP contribution in [0.2, 0.25) is 0 Å². The van der Waals surface area contributed by atoms with Crippen LogP contribution < -0.4 is 4.90 Å². The molecule has 0 unspecified atom stereocenters. The Hall–Kier alpha value is -2.21. The van der Waals surface area contributed by atoms with E-state index in [0.717, 1.165) is 10.0 Å². The average Bonchev–Trinajstić information content (AvgIpc) is 2.48. The Morgan fingerprint density at radius 2 is 1.90 bits per heavy atom. The van der Waals surface area contributed by atoms with E-state index in [-0.39, 0.29) is 5.69 Å². The number of hydrogen-bond acceptors (Lipinski definition) is 4. The molecule has 0 heterocycles. The third-order valence-electron chi connectivity index (χ3n) is 3.08. The fourth-order valence-electron chi connectivity index (χ4n) is 2.03. The van der Waals surface area contributed by atoms with E-state index in [0.29, 0.717) is 24.1 Å². The van der Waals surface area contributed by atoms with Crippen molar-refractivity contribution < 1.29 is 9.72 Å². The lowest BCUT2D eigenvalue weighted by Gasteiger charge is -2.19. The second-order valence-corrected chi connectivity index (χ2v) is 5.52. The third-order valence-corrected chi connectivity index (χ3v) is 3.61. The highest BCUT2D eigenvalue weighted by molar-refractivity contribution is 9.10. The summed E-state index contributed by atoms with van der Waals surface area (Å²) < 4.78 is 0.982. The molecular formula is C15H13BrN2O3. The number of benzene rings is 2. The summed E-state index contributed by atoms with van der Waals surface area (Å²) >= 11 is 3.37. The normalized spacial score (nSPS) is 10.2. The zero-order valence-electron chi connectivity index (χ0n) is 11.3. The summed E-state index contributed by atoms with van der Waals surface area (Å²) in [4.78, 5) is 23.2. The van der Waals surface area contributed by atoms with Gasteiger partial charge >= 0.3 is 0 Å². The number of aldehydes is 1. The molecule has 2 aromatic rings. The van der Waals surface area contributed by atoms with E-state index in [2.05, 4.69) is 15.9 Å². The van der Waals surface area contributed by atoms with Crippen LogP contribution in [0, 0.1) is 10.1 Å². The predicted octanol–water partition coefficient (Wildman–Crippen LogP) is 3.81. The highest BCUT2D eigenvalue weighted by Gasteiger charge is 2.18. The van der Waals surface area contributed by atoms with Crippen molar-refractivity contribution in [2.75, 3.05) is 11.9 Å². The number of halogens is 1. The maximum Gasteiger partial charge on any atom is 0.293 e. The van der Waals surface area contributed by atoms with Crippen LogP contribution in [0.3, 0.4) is 0 Å². The summed E-state index contributed by atoms with van der Waals surface area (Å²) in [5.74, 6) is 0. The van der Waals surface area contributed by atoms with Gasteiger partial charge in [0.1, 0.15) is 12.0 Å². The van der Waals surface area contributed by atoms with Crippen molar-refractivity contribution in [3.8, 4) is 0 Å². The van der Waals surface area contributed by atoms with Gasteiger partial charge in [0.2, 0.25) is 0 Å². The lowest BCUT2D eigenvalue weighted by molar-refractivity contribution is -0.384. The van der Waals surface area contributed by atoms with Crippen molar-refractivity contribution in [3.05, 3.63) is 68.2 Å². The number of nitrogens with zero attached hydrogens (tertiary/aromatic N) is 2. The lowest BCUT2D eigenvalue weighted by Crippen LogP contribution is -2.17. The van der Waals surface area contributed by atoms with Crippen molar-refractivity contribution >= 4 is 33.6 Å². The van der Waals surface area contributed by atoms with Gasteiger partial charge in [-0.15, -0.1) is 0 Å². The van der Waals surface area contributed by atoms with Gasteiger partial charge in [0.15, 0.2) is 0 Å². The van der Waals surface area contributed by atoms with Gasteiger partial charge in [0, 0.05) is 29.7 Å². The molecule has 0 N–H and O–H groups in total. The minimum atomic E-state index is -0.472. The molecule has 0 spiro atoms. The van der Waals surface area contributed by atoms with Gasteiger partial charge in [-0.2, -0.15) is 0 Å². The second-order valence-electron chi connectivity index (χ2n) is 4.61. The number of rotatable bonds is 5. The van der Waals surface area contributed by atoms with Crippen molar-refractivity contribution in [2.45, 2.75) is 6.54 Å². The lowest BCUT2D eigenvalue weighted by atomic mass is 10.1. The van der Waals surface area contributed by atoms with Crippen molar-refractivity contribution in [1.29, 1.82) is 0 Å². The Morgan fingerprint density at radius 1 is 1.24 bits per heavy atom. The number of nitro benzene ring substituents is 1. The molecule has 0 amide bonds. The number of anilines is 1. The van der Waals surface area contributed by atoms with Crippen LogP contribution in [0.1, 0.15) is 15.9 Å². The fraction of sp³-hybridized carbons (Fsp3) is 0.133. The first-order valence-electron chi connectivity index (χ1n) is 6.20. The Bertz CT molecular complexity index is 671. The van der Waals surface area contributed by atoms with Crippen molar-refractivity contribution in [1.82, 2.24) is 0 Å². The molecule has 0 aliphatic rings. The van der Waals surface area contributed by atoms with Crippen LogP contribution >= 0.6 is 15.9 Å². The van der Waals surface area contributed by atoms with E-state index in [9.17, 15) is 14.9 Å². The highest BCUT2D eigenvalue weighted by atomic mass is 79.9. The quantitative estimate of drug-likeness (QED) is 0.468. The van der Waals surface area contributed by atoms with Gasteiger partial charge in [0.25, 0.3) is 5.69 Å². The topological polar surface area (TPSA) is 63.5 Å². The summed E-state index contributed by atoms with van der Waals surface area (Å²) in [7, 11) is 1.78. The summed E-state index contributed by atoms with van der Waals surface area (Å²) in [5.41, 5.74) is 1.74. The van der Waals surface area contributed by atoms with E-state index >= 15 is 0 Å².